The van der Waals surface area contributed by atoms with Crippen molar-refractivity contribution in [1.29, 1.82) is 0 Å². The van der Waals surface area contributed by atoms with Crippen molar-refractivity contribution in [1.82, 2.24) is 19.1 Å². The number of anilines is 1. The van der Waals surface area contributed by atoms with Crippen LogP contribution in [-0.4, -0.2) is 30.2 Å². The molecule has 0 fully saturated rings. The van der Waals surface area contributed by atoms with Crippen LogP contribution in [0.25, 0.3) is 11.2 Å². The Labute approximate surface area is 157 Å². The maximum atomic E-state index is 12.3. The molecule has 0 atom stereocenters. The van der Waals surface area contributed by atoms with Gasteiger partial charge in [-0.1, -0.05) is 24.3 Å². The van der Waals surface area contributed by atoms with Crippen molar-refractivity contribution >= 4 is 29.0 Å². The highest BCUT2D eigenvalue weighted by molar-refractivity contribution is 5.81. The van der Waals surface area contributed by atoms with Crippen LogP contribution in [-0.2, 0) is 13.6 Å². The lowest BCUT2D eigenvalue weighted by Gasteiger charge is -2.04. The van der Waals surface area contributed by atoms with Crippen molar-refractivity contribution in [3.63, 3.8) is 0 Å². The zero-order valence-electron chi connectivity index (χ0n) is 15.1. The third-order valence-corrected chi connectivity index (χ3v) is 3.99. The van der Waals surface area contributed by atoms with E-state index in [0.717, 1.165) is 0 Å². The van der Waals surface area contributed by atoms with E-state index in [4.69, 9.17) is 0 Å². The van der Waals surface area contributed by atoms with E-state index in [1.165, 1.54) is 30.0 Å². The predicted octanol–water partition coefficient (Wildman–Crippen LogP) is 1.35. The van der Waals surface area contributed by atoms with E-state index in [1.807, 2.05) is 19.1 Å². The van der Waals surface area contributed by atoms with Gasteiger partial charge >= 0.3 is 5.69 Å². The first-order valence-electron chi connectivity index (χ1n) is 8.26. The number of imidazole rings is 1. The first kappa shape index (κ1) is 18.8. The average Bonchev–Trinajstić information content (AvgIpc) is 3.04. The number of benzene rings is 1. The molecule has 0 amide bonds. The van der Waals surface area contributed by atoms with Gasteiger partial charge in [0.05, 0.1) is 11.1 Å². The number of nitro benzene ring substituents is 1. The molecule has 0 aliphatic carbocycles. The summed E-state index contributed by atoms with van der Waals surface area (Å²) in [5.74, 6) is 0.251. The minimum atomic E-state index is -0.570. The molecule has 11 heteroatoms. The fourth-order valence-corrected chi connectivity index (χ4v) is 2.59. The number of nitrogens with one attached hydrogen (secondary N) is 2. The fourth-order valence-electron chi connectivity index (χ4n) is 2.59. The first-order valence-corrected chi connectivity index (χ1v) is 8.26. The van der Waals surface area contributed by atoms with Gasteiger partial charge in [0.2, 0.25) is 5.95 Å². The zero-order chi connectivity index (χ0) is 20.3. The predicted molar refractivity (Wildman–Crippen MR) is 105 cm³/mol. The van der Waals surface area contributed by atoms with Gasteiger partial charge in [-0.3, -0.25) is 29.0 Å². The normalized spacial score (nSPS) is 11.6. The fraction of sp³-hybridized carbons (Fsp3) is 0.176. The molecule has 0 aliphatic heterocycles. The van der Waals surface area contributed by atoms with E-state index in [2.05, 4.69) is 20.5 Å². The molecule has 144 valence electrons. The molecular weight excluding hydrogens is 366 g/mol. The van der Waals surface area contributed by atoms with Gasteiger partial charge in [-0.25, -0.2) is 10.2 Å². The molecule has 28 heavy (non-hydrogen) atoms. The van der Waals surface area contributed by atoms with Gasteiger partial charge in [-0.2, -0.15) is 10.1 Å². The molecule has 2 heterocycles. The molecule has 0 unspecified atom stereocenters. The monoisotopic (exact) mass is 383 g/mol. The highest BCUT2D eigenvalue weighted by Gasteiger charge is 2.16. The minimum Gasteiger partial charge on any atom is -0.299 e. The summed E-state index contributed by atoms with van der Waals surface area (Å²) in [6, 6.07) is 5.97. The smallest absolute Gasteiger partial charge is 0.299 e. The number of aromatic amines is 1. The number of rotatable bonds is 6. The minimum absolute atomic E-state index is 0.0502. The van der Waals surface area contributed by atoms with E-state index >= 15 is 0 Å². The van der Waals surface area contributed by atoms with Crippen LogP contribution in [0.1, 0.15) is 12.5 Å². The van der Waals surface area contributed by atoms with Crippen molar-refractivity contribution in [2.45, 2.75) is 13.5 Å². The van der Waals surface area contributed by atoms with Crippen LogP contribution >= 0.6 is 0 Å². The summed E-state index contributed by atoms with van der Waals surface area (Å²) in [6.07, 6.45) is 5.04. The number of hydrazone groups is 1. The van der Waals surface area contributed by atoms with Crippen molar-refractivity contribution < 1.29 is 4.92 Å². The molecular formula is C17H17N7O4. The number of hydrogen-bond acceptors (Lipinski definition) is 7. The molecule has 0 aliphatic rings. The second-order valence-corrected chi connectivity index (χ2v) is 5.83. The number of non-ortho nitro benzene ring substituents is 1. The number of aryl methyl sites for hydroxylation is 1. The van der Waals surface area contributed by atoms with Gasteiger partial charge in [0, 0.05) is 31.3 Å². The topological polar surface area (TPSA) is 140 Å². The molecule has 2 N–H and O–H groups in total. The van der Waals surface area contributed by atoms with Crippen LogP contribution in [0.3, 0.4) is 0 Å². The first-order chi connectivity index (χ1) is 13.4. The van der Waals surface area contributed by atoms with Crippen LogP contribution in [0.4, 0.5) is 11.6 Å². The molecule has 3 aromatic rings. The maximum absolute atomic E-state index is 12.3. The number of hydrogen-bond donors (Lipinski definition) is 2. The summed E-state index contributed by atoms with van der Waals surface area (Å²) in [5, 5.41) is 14.9. The molecule has 11 nitrogen and oxygen atoms in total. The van der Waals surface area contributed by atoms with Gasteiger partial charge in [-0.05, 0) is 6.92 Å². The second-order valence-electron chi connectivity index (χ2n) is 5.83. The van der Waals surface area contributed by atoms with Crippen LogP contribution in [0.2, 0.25) is 0 Å². The number of nitrogens with zero attached hydrogens (tertiary/aromatic N) is 5. The lowest BCUT2D eigenvalue weighted by atomic mass is 10.2. The summed E-state index contributed by atoms with van der Waals surface area (Å²) in [4.78, 5) is 41.0. The SMILES string of the molecule is C/C=C/Cn1c(NN=Cc2cccc([N+](=O)[O-])c2)nc2c1c(=O)[nH]c(=O)n2C. The van der Waals surface area contributed by atoms with E-state index < -0.39 is 16.2 Å². The summed E-state index contributed by atoms with van der Waals surface area (Å²) < 4.78 is 2.82. The zero-order valence-corrected chi connectivity index (χ0v) is 15.1. The summed E-state index contributed by atoms with van der Waals surface area (Å²) in [7, 11) is 1.50. The standard InChI is InChI=1S/C17H17N7O4/c1-3-4-8-23-13-14(22(2)17(26)20-15(13)25)19-16(23)21-18-10-11-6-5-7-12(9-11)24(27)28/h3-7,9-10H,8H2,1-2H3,(H,19,21)(H,20,25,26)/b4-3+,18-10?. The van der Waals surface area contributed by atoms with E-state index in [0.29, 0.717) is 12.1 Å². The molecule has 0 radical (unpaired) electrons. The Kier molecular flexibility index (Phi) is 5.16. The molecule has 1 aromatic carbocycles. The number of H-pyrrole nitrogens is 1. The number of allylic oxidation sites excluding steroid dienone is 2. The molecule has 2 aromatic heterocycles. The van der Waals surface area contributed by atoms with Gasteiger partial charge < -0.3 is 0 Å². The van der Waals surface area contributed by atoms with Crippen LogP contribution in [0.15, 0.2) is 51.1 Å². The van der Waals surface area contributed by atoms with Crippen LogP contribution < -0.4 is 16.7 Å². The van der Waals surface area contributed by atoms with Crippen molar-refractivity contribution in [2.24, 2.45) is 12.1 Å². The van der Waals surface area contributed by atoms with E-state index in [-0.39, 0.29) is 22.8 Å². The Morgan fingerprint density at radius 3 is 2.89 bits per heavy atom. The highest BCUT2D eigenvalue weighted by Crippen LogP contribution is 2.16. The Morgan fingerprint density at radius 2 is 2.18 bits per heavy atom. The van der Waals surface area contributed by atoms with E-state index in [9.17, 15) is 19.7 Å². The third-order valence-electron chi connectivity index (χ3n) is 3.99. The molecule has 0 saturated carbocycles. The Balaban J connectivity index is 2.00. The van der Waals surface area contributed by atoms with Crippen LogP contribution in [0, 0.1) is 10.1 Å². The largest absolute Gasteiger partial charge is 0.329 e. The maximum Gasteiger partial charge on any atom is 0.329 e. The lowest BCUT2D eigenvalue weighted by molar-refractivity contribution is -0.384. The second kappa shape index (κ2) is 7.70. The van der Waals surface area contributed by atoms with Gasteiger partial charge in [0.1, 0.15) is 0 Å². The summed E-state index contributed by atoms with van der Waals surface area (Å²) in [5.41, 5.74) is 2.52. The number of fused-ring (bicyclic) bond motifs is 1. The van der Waals surface area contributed by atoms with Crippen molar-refractivity contribution in [3.05, 3.63) is 72.9 Å². The van der Waals surface area contributed by atoms with Gasteiger partial charge in [0.25, 0.3) is 11.2 Å². The van der Waals surface area contributed by atoms with Crippen molar-refractivity contribution in [2.75, 3.05) is 5.43 Å². The van der Waals surface area contributed by atoms with Gasteiger partial charge in [0.15, 0.2) is 11.2 Å². The lowest BCUT2D eigenvalue weighted by Crippen LogP contribution is -2.29. The quantitative estimate of drug-likeness (QED) is 0.285. The number of nitro groups is 1. The Hall–Kier alpha value is -4.02. The van der Waals surface area contributed by atoms with Crippen LogP contribution in [0.5, 0.6) is 0 Å². The Bertz CT molecular complexity index is 1220. The molecule has 0 bridgehead atoms. The summed E-state index contributed by atoms with van der Waals surface area (Å²) >= 11 is 0. The average molecular weight is 383 g/mol. The highest BCUT2D eigenvalue weighted by atomic mass is 16.6. The van der Waals surface area contributed by atoms with Crippen molar-refractivity contribution in [3.8, 4) is 0 Å². The summed E-state index contributed by atoms with van der Waals surface area (Å²) in [6.45, 7) is 2.18. The molecule has 0 spiro atoms. The number of aromatic nitrogens is 4. The third kappa shape index (κ3) is 3.58. The molecule has 0 saturated heterocycles. The molecule has 3 rings (SSSR count). The Morgan fingerprint density at radius 1 is 1.39 bits per heavy atom. The van der Waals surface area contributed by atoms with E-state index in [1.54, 1.807) is 16.7 Å². The van der Waals surface area contributed by atoms with Gasteiger partial charge in [-0.15, -0.1) is 0 Å².